The molecular weight excluding hydrogens is 689 g/mol. The molecule has 0 radical (unpaired) electrons. The van der Waals surface area contributed by atoms with Gasteiger partial charge < -0.3 is 29.4 Å². The van der Waals surface area contributed by atoms with Gasteiger partial charge in [-0.05, 0) is 87.7 Å². The molecule has 0 saturated heterocycles. The minimum Gasteiger partial charge on any atom is -0.495 e. The summed E-state index contributed by atoms with van der Waals surface area (Å²) in [5, 5.41) is 0.697. The number of nitrogens with zero attached hydrogens (tertiary/aromatic N) is 2. The SMILES string of the molecule is COC(=O)c1c(-c2cc(OC)c(Br)c(OC)c2)c2cc(OC)c(OCc3ccncc3)cc2c(=O)n1-c1ccc(N)cc1.Cl.Cl. The van der Waals surface area contributed by atoms with Crippen LogP contribution in [0.4, 0.5) is 5.69 Å². The van der Waals surface area contributed by atoms with E-state index in [1.165, 1.54) is 33.0 Å². The minimum absolute atomic E-state index is 0. The second kappa shape index (κ2) is 15.0. The average Bonchev–Trinajstić information content (AvgIpc) is 3.04. The molecule has 5 rings (SSSR count). The fraction of sp³-hybridized carbons (Fsp3) is 0.156. The van der Waals surface area contributed by atoms with Gasteiger partial charge >= 0.3 is 5.97 Å². The second-order valence-corrected chi connectivity index (χ2v) is 10.1. The van der Waals surface area contributed by atoms with E-state index in [0.717, 1.165) is 5.56 Å². The lowest BCUT2D eigenvalue weighted by Crippen LogP contribution is -2.27. The van der Waals surface area contributed by atoms with Crippen LogP contribution >= 0.6 is 40.7 Å². The molecule has 10 nitrogen and oxygen atoms in total. The highest BCUT2D eigenvalue weighted by Gasteiger charge is 2.28. The first-order chi connectivity index (χ1) is 20.8. The maximum absolute atomic E-state index is 14.3. The predicted molar refractivity (Wildman–Crippen MR) is 181 cm³/mol. The molecule has 0 saturated carbocycles. The molecule has 2 heterocycles. The Kier molecular flexibility index (Phi) is 11.7. The van der Waals surface area contributed by atoms with E-state index < -0.39 is 11.5 Å². The molecule has 3 aromatic carbocycles. The number of methoxy groups -OCH3 is 4. The monoisotopic (exact) mass is 717 g/mol. The average molecular weight is 719 g/mol. The number of benzene rings is 3. The molecule has 0 unspecified atom stereocenters. The number of hydrogen-bond donors (Lipinski definition) is 1. The van der Waals surface area contributed by atoms with Crippen molar-refractivity contribution in [1.82, 2.24) is 9.55 Å². The highest BCUT2D eigenvalue weighted by Crippen LogP contribution is 2.44. The molecule has 0 spiro atoms. The van der Waals surface area contributed by atoms with Crippen molar-refractivity contribution in [3.8, 4) is 39.8 Å². The molecular formula is C32H30BrCl2N3O7. The Bertz CT molecular complexity index is 1860. The number of aromatic nitrogens is 2. The summed E-state index contributed by atoms with van der Waals surface area (Å²) in [4.78, 5) is 31.9. The maximum atomic E-state index is 14.3. The van der Waals surface area contributed by atoms with Crippen LogP contribution in [0.2, 0.25) is 0 Å². The molecule has 236 valence electrons. The number of anilines is 1. The number of ether oxygens (including phenoxy) is 5. The highest BCUT2D eigenvalue weighted by molar-refractivity contribution is 9.10. The number of carbonyl (C=O) groups excluding carboxylic acids is 1. The van der Waals surface area contributed by atoms with E-state index >= 15 is 0 Å². The van der Waals surface area contributed by atoms with Gasteiger partial charge in [0.25, 0.3) is 5.56 Å². The Morgan fingerprint density at radius 3 is 1.96 bits per heavy atom. The van der Waals surface area contributed by atoms with E-state index in [0.29, 0.717) is 55.4 Å². The summed E-state index contributed by atoms with van der Waals surface area (Å²) in [5.41, 5.74) is 8.16. The van der Waals surface area contributed by atoms with Gasteiger partial charge in [0.05, 0.1) is 33.8 Å². The molecule has 0 bridgehead atoms. The Labute approximate surface area is 280 Å². The predicted octanol–water partition coefficient (Wildman–Crippen LogP) is 6.63. The van der Waals surface area contributed by atoms with Gasteiger partial charge in [0, 0.05) is 34.7 Å². The van der Waals surface area contributed by atoms with Gasteiger partial charge in [0.2, 0.25) is 0 Å². The van der Waals surface area contributed by atoms with Gasteiger partial charge in [-0.3, -0.25) is 14.3 Å². The third-order valence-electron chi connectivity index (χ3n) is 6.88. The smallest absolute Gasteiger partial charge is 0.355 e. The molecule has 0 aliphatic heterocycles. The van der Waals surface area contributed by atoms with E-state index in [1.54, 1.807) is 60.9 Å². The lowest BCUT2D eigenvalue weighted by Gasteiger charge is -2.21. The number of fused-ring (bicyclic) bond motifs is 1. The first-order valence-electron chi connectivity index (χ1n) is 13.0. The Hall–Kier alpha value is -4.45. The second-order valence-electron chi connectivity index (χ2n) is 9.33. The Balaban J connectivity index is 0.00000276. The fourth-order valence-corrected chi connectivity index (χ4v) is 5.34. The summed E-state index contributed by atoms with van der Waals surface area (Å²) in [5.74, 6) is 0.874. The molecule has 2 N–H and O–H groups in total. The normalized spacial score (nSPS) is 10.3. The van der Waals surface area contributed by atoms with Crippen molar-refractivity contribution in [2.75, 3.05) is 34.2 Å². The van der Waals surface area contributed by atoms with Gasteiger partial charge in [-0.25, -0.2) is 4.79 Å². The summed E-state index contributed by atoms with van der Waals surface area (Å²) in [7, 11) is 5.80. The van der Waals surface area contributed by atoms with E-state index in [-0.39, 0.29) is 42.5 Å². The standard InChI is InChI=1S/C32H28BrN3O7.2ClH/c1-39-24-15-22-23(16-25(24)43-17-18-9-11-35-12-10-18)31(37)36(21-7-5-20(34)6-8-21)30(32(38)42-4)28(22)19-13-26(40-2)29(33)27(14-19)41-3;;/h5-16H,17,34H2,1-4H3;2*1H. The van der Waals surface area contributed by atoms with Crippen LogP contribution in [0.3, 0.4) is 0 Å². The number of rotatable bonds is 9. The molecule has 13 heteroatoms. The number of nitrogen functional groups attached to an aromatic ring is 1. The number of nitrogens with two attached hydrogens (primary N) is 1. The number of carbonyl (C=O) groups is 1. The zero-order chi connectivity index (χ0) is 30.7. The maximum Gasteiger partial charge on any atom is 0.355 e. The van der Waals surface area contributed by atoms with Gasteiger partial charge in [-0.2, -0.15) is 0 Å². The van der Waals surface area contributed by atoms with Crippen molar-refractivity contribution in [3.63, 3.8) is 0 Å². The quantitative estimate of drug-likeness (QED) is 0.132. The van der Waals surface area contributed by atoms with Crippen molar-refractivity contribution >= 4 is 63.2 Å². The van der Waals surface area contributed by atoms with Crippen LogP contribution < -0.4 is 30.2 Å². The highest BCUT2D eigenvalue weighted by atomic mass is 79.9. The molecule has 0 fully saturated rings. The summed E-state index contributed by atoms with van der Waals surface area (Å²) >= 11 is 3.51. The third-order valence-corrected chi connectivity index (χ3v) is 7.66. The number of esters is 1. The molecule has 0 amide bonds. The Morgan fingerprint density at radius 1 is 0.822 bits per heavy atom. The topological polar surface area (TPSA) is 124 Å². The van der Waals surface area contributed by atoms with E-state index in [2.05, 4.69) is 20.9 Å². The zero-order valence-electron chi connectivity index (χ0n) is 24.7. The molecule has 2 aromatic heterocycles. The number of halogens is 3. The van der Waals surface area contributed by atoms with E-state index in [4.69, 9.17) is 29.4 Å². The van der Waals surface area contributed by atoms with Crippen molar-refractivity contribution in [1.29, 1.82) is 0 Å². The van der Waals surface area contributed by atoms with Crippen LogP contribution in [0.15, 0.2) is 82.3 Å². The van der Waals surface area contributed by atoms with Crippen LogP contribution in [0, 0.1) is 0 Å². The molecule has 0 aliphatic carbocycles. The largest absolute Gasteiger partial charge is 0.495 e. The first kappa shape index (κ1) is 35.0. The lowest BCUT2D eigenvalue weighted by atomic mass is 9.95. The Morgan fingerprint density at radius 2 is 1.40 bits per heavy atom. The minimum atomic E-state index is -0.733. The first-order valence-corrected chi connectivity index (χ1v) is 13.8. The molecule has 5 aromatic rings. The van der Waals surface area contributed by atoms with Gasteiger partial charge in [-0.1, -0.05) is 0 Å². The third kappa shape index (κ3) is 6.80. The summed E-state index contributed by atoms with van der Waals surface area (Å²) in [6.07, 6.45) is 3.34. The van der Waals surface area contributed by atoms with Crippen molar-refractivity contribution < 1.29 is 28.5 Å². The number of pyridine rings is 2. The van der Waals surface area contributed by atoms with Crippen LogP contribution in [-0.4, -0.2) is 44.0 Å². The van der Waals surface area contributed by atoms with Crippen LogP contribution in [0.5, 0.6) is 23.0 Å². The van der Waals surface area contributed by atoms with Gasteiger partial charge in [-0.15, -0.1) is 24.8 Å². The van der Waals surface area contributed by atoms with Crippen LogP contribution in [0.25, 0.3) is 27.6 Å². The summed E-state index contributed by atoms with van der Waals surface area (Å²) in [6, 6.07) is 17.0. The summed E-state index contributed by atoms with van der Waals surface area (Å²) in [6.45, 7) is 0.213. The van der Waals surface area contributed by atoms with E-state index in [1.807, 2.05) is 12.1 Å². The van der Waals surface area contributed by atoms with Crippen molar-refractivity contribution in [3.05, 3.63) is 99.1 Å². The fourth-order valence-electron chi connectivity index (χ4n) is 4.78. The van der Waals surface area contributed by atoms with Crippen molar-refractivity contribution in [2.24, 2.45) is 0 Å². The van der Waals surface area contributed by atoms with Crippen LogP contribution in [0.1, 0.15) is 16.1 Å². The van der Waals surface area contributed by atoms with E-state index in [9.17, 15) is 9.59 Å². The molecule has 45 heavy (non-hydrogen) atoms. The molecule has 0 aliphatic rings. The zero-order valence-corrected chi connectivity index (χ0v) is 27.9. The number of hydrogen-bond acceptors (Lipinski definition) is 9. The van der Waals surface area contributed by atoms with Crippen LogP contribution in [-0.2, 0) is 11.3 Å². The summed E-state index contributed by atoms with van der Waals surface area (Å²) < 4.78 is 30.2. The van der Waals surface area contributed by atoms with Gasteiger partial charge in [0.1, 0.15) is 28.3 Å². The van der Waals surface area contributed by atoms with Gasteiger partial charge in [0.15, 0.2) is 11.5 Å². The lowest BCUT2D eigenvalue weighted by molar-refractivity contribution is 0.0591. The molecule has 0 atom stereocenters. The van der Waals surface area contributed by atoms with Crippen molar-refractivity contribution in [2.45, 2.75) is 6.61 Å².